The minimum Gasteiger partial charge on any atom is -0.314 e. The van der Waals surface area contributed by atoms with Crippen LogP contribution in [0.2, 0.25) is 0 Å². The van der Waals surface area contributed by atoms with E-state index in [0.717, 1.165) is 12.1 Å². The molecule has 116 valence electrons. The molecule has 2 heterocycles. The average Bonchev–Trinajstić information content (AvgIpc) is 2.24. The van der Waals surface area contributed by atoms with Crippen molar-refractivity contribution in [2.75, 3.05) is 39.3 Å². The van der Waals surface area contributed by atoms with E-state index < -0.39 is 0 Å². The number of piperazine rings is 1. The van der Waals surface area contributed by atoms with Gasteiger partial charge in [0, 0.05) is 51.4 Å². The minimum atomic E-state index is 0.520. The maximum Gasteiger partial charge on any atom is 0.0351 e. The van der Waals surface area contributed by atoms with Crippen molar-refractivity contribution >= 4 is 0 Å². The summed E-state index contributed by atoms with van der Waals surface area (Å²) in [7, 11) is 0. The number of nitrogens with one attached hydrogen (secondary N) is 1. The fourth-order valence-corrected chi connectivity index (χ4v) is 5.11. The molecular weight excluding hydrogens is 246 g/mol. The molecule has 0 aromatic carbocycles. The van der Waals surface area contributed by atoms with Gasteiger partial charge in [-0.3, -0.25) is 9.80 Å². The standard InChI is InChI=1S/C17H33N3/c1-16(2)9-14(10-17(3,4)13-16)20-11-15(12-20)19-7-5-18-6-8-19/h14-15,18H,5-13H2,1-4H3. The number of hydrogen-bond donors (Lipinski definition) is 1. The van der Waals surface area contributed by atoms with Crippen molar-refractivity contribution in [2.24, 2.45) is 10.8 Å². The van der Waals surface area contributed by atoms with Gasteiger partial charge in [0.05, 0.1) is 0 Å². The third kappa shape index (κ3) is 3.20. The van der Waals surface area contributed by atoms with Crippen LogP contribution in [0.4, 0.5) is 0 Å². The van der Waals surface area contributed by atoms with E-state index in [1.165, 1.54) is 58.5 Å². The Hall–Kier alpha value is -0.120. The van der Waals surface area contributed by atoms with Gasteiger partial charge in [0.25, 0.3) is 0 Å². The van der Waals surface area contributed by atoms with Crippen LogP contribution in [-0.4, -0.2) is 61.2 Å². The van der Waals surface area contributed by atoms with Crippen molar-refractivity contribution in [3.63, 3.8) is 0 Å². The van der Waals surface area contributed by atoms with Crippen molar-refractivity contribution in [1.29, 1.82) is 0 Å². The van der Waals surface area contributed by atoms with E-state index in [-0.39, 0.29) is 0 Å². The molecule has 1 saturated carbocycles. The van der Waals surface area contributed by atoms with E-state index in [9.17, 15) is 0 Å². The molecule has 0 aromatic rings. The zero-order valence-corrected chi connectivity index (χ0v) is 13.9. The molecular formula is C17H33N3. The highest BCUT2D eigenvalue weighted by molar-refractivity contribution is 4.99. The first kappa shape index (κ1) is 14.8. The van der Waals surface area contributed by atoms with Gasteiger partial charge in [0.15, 0.2) is 0 Å². The van der Waals surface area contributed by atoms with E-state index in [1.807, 2.05) is 0 Å². The highest BCUT2D eigenvalue weighted by atomic mass is 15.3. The van der Waals surface area contributed by atoms with Gasteiger partial charge in [-0.05, 0) is 30.1 Å². The van der Waals surface area contributed by atoms with Gasteiger partial charge in [-0.25, -0.2) is 0 Å². The summed E-state index contributed by atoms with van der Waals surface area (Å²) >= 11 is 0. The van der Waals surface area contributed by atoms with Crippen molar-refractivity contribution in [1.82, 2.24) is 15.1 Å². The Labute approximate surface area is 125 Å². The number of rotatable bonds is 2. The second-order valence-electron chi connectivity index (χ2n) is 8.96. The van der Waals surface area contributed by atoms with Crippen LogP contribution in [0, 0.1) is 10.8 Å². The summed E-state index contributed by atoms with van der Waals surface area (Å²) in [5.41, 5.74) is 1.04. The molecule has 3 aliphatic rings. The highest BCUT2D eigenvalue weighted by Gasteiger charge is 2.44. The average molecular weight is 279 g/mol. The lowest BCUT2D eigenvalue weighted by atomic mass is 9.63. The fourth-order valence-electron chi connectivity index (χ4n) is 5.11. The Balaban J connectivity index is 1.53. The predicted octanol–water partition coefficient (Wildman–Crippen LogP) is 2.18. The largest absolute Gasteiger partial charge is 0.314 e. The van der Waals surface area contributed by atoms with E-state index in [2.05, 4.69) is 42.8 Å². The lowest BCUT2D eigenvalue weighted by Gasteiger charge is -2.55. The van der Waals surface area contributed by atoms with Crippen molar-refractivity contribution in [3.8, 4) is 0 Å². The number of likely N-dealkylation sites (tertiary alicyclic amines) is 1. The summed E-state index contributed by atoms with van der Waals surface area (Å²) in [6.07, 6.45) is 4.17. The molecule has 0 spiro atoms. The molecule has 20 heavy (non-hydrogen) atoms. The molecule has 2 aliphatic heterocycles. The van der Waals surface area contributed by atoms with Crippen molar-refractivity contribution in [3.05, 3.63) is 0 Å². The molecule has 0 unspecified atom stereocenters. The van der Waals surface area contributed by atoms with E-state index in [1.54, 1.807) is 0 Å². The monoisotopic (exact) mass is 279 g/mol. The SMILES string of the molecule is CC1(C)CC(N2CC(N3CCNCC3)C2)CC(C)(C)C1. The van der Waals surface area contributed by atoms with Gasteiger partial charge >= 0.3 is 0 Å². The Morgan fingerprint density at radius 3 is 1.90 bits per heavy atom. The molecule has 3 nitrogen and oxygen atoms in total. The Bertz CT molecular complexity index is 322. The third-order valence-corrected chi connectivity index (χ3v) is 5.61. The van der Waals surface area contributed by atoms with E-state index >= 15 is 0 Å². The van der Waals surface area contributed by atoms with Crippen LogP contribution in [-0.2, 0) is 0 Å². The molecule has 0 bridgehead atoms. The first-order chi connectivity index (χ1) is 9.35. The third-order valence-electron chi connectivity index (χ3n) is 5.61. The molecule has 0 aromatic heterocycles. The molecule has 3 heteroatoms. The smallest absolute Gasteiger partial charge is 0.0351 e. The lowest BCUT2D eigenvalue weighted by molar-refractivity contribution is -0.0495. The zero-order valence-electron chi connectivity index (χ0n) is 13.9. The first-order valence-electron chi connectivity index (χ1n) is 8.54. The van der Waals surface area contributed by atoms with Gasteiger partial charge in [0.1, 0.15) is 0 Å². The maximum atomic E-state index is 3.46. The van der Waals surface area contributed by atoms with Crippen LogP contribution >= 0.6 is 0 Å². The molecule has 0 atom stereocenters. The molecule has 0 amide bonds. The summed E-state index contributed by atoms with van der Waals surface area (Å²) in [5.74, 6) is 0. The number of nitrogens with zero attached hydrogens (tertiary/aromatic N) is 2. The highest BCUT2D eigenvalue weighted by Crippen LogP contribution is 2.47. The van der Waals surface area contributed by atoms with Gasteiger partial charge < -0.3 is 5.32 Å². The second-order valence-corrected chi connectivity index (χ2v) is 8.96. The molecule has 3 rings (SSSR count). The fraction of sp³-hybridized carbons (Fsp3) is 1.00. The van der Waals surface area contributed by atoms with Gasteiger partial charge in [-0.1, -0.05) is 27.7 Å². The molecule has 1 N–H and O–H groups in total. The van der Waals surface area contributed by atoms with E-state index in [4.69, 9.17) is 0 Å². The summed E-state index contributed by atoms with van der Waals surface area (Å²) in [6.45, 7) is 17.4. The van der Waals surface area contributed by atoms with Crippen molar-refractivity contribution in [2.45, 2.75) is 59.0 Å². The maximum absolute atomic E-state index is 3.46. The normalized spacial score (nSPS) is 33.0. The minimum absolute atomic E-state index is 0.520. The summed E-state index contributed by atoms with van der Waals surface area (Å²) in [5, 5.41) is 3.46. The lowest BCUT2D eigenvalue weighted by Crippen LogP contribution is -2.66. The quantitative estimate of drug-likeness (QED) is 0.836. The van der Waals surface area contributed by atoms with E-state index in [0.29, 0.717) is 10.8 Å². The summed E-state index contributed by atoms with van der Waals surface area (Å²) in [6, 6.07) is 1.66. The summed E-state index contributed by atoms with van der Waals surface area (Å²) < 4.78 is 0. The van der Waals surface area contributed by atoms with Crippen LogP contribution in [0.5, 0.6) is 0 Å². The van der Waals surface area contributed by atoms with Crippen LogP contribution < -0.4 is 5.32 Å². The molecule has 3 fully saturated rings. The number of hydrogen-bond acceptors (Lipinski definition) is 3. The Kier molecular flexibility index (Phi) is 3.89. The Morgan fingerprint density at radius 1 is 0.800 bits per heavy atom. The zero-order chi connectivity index (χ0) is 14.4. The Morgan fingerprint density at radius 2 is 1.35 bits per heavy atom. The summed E-state index contributed by atoms with van der Waals surface area (Å²) in [4.78, 5) is 5.47. The first-order valence-corrected chi connectivity index (χ1v) is 8.54. The van der Waals surface area contributed by atoms with Crippen molar-refractivity contribution < 1.29 is 0 Å². The molecule has 1 aliphatic carbocycles. The van der Waals surface area contributed by atoms with Crippen LogP contribution in [0.1, 0.15) is 47.0 Å². The van der Waals surface area contributed by atoms with Crippen LogP contribution in [0.3, 0.4) is 0 Å². The predicted molar refractivity (Wildman–Crippen MR) is 85.0 cm³/mol. The van der Waals surface area contributed by atoms with Crippen LogP contribution in [0.15, 0.2) is 0 Å². The topological polar surface area (TPSA) is 18.5 Å². The molecule has 2 saturated heterocycles. The molecule has 0 radical (unpaired) electrons. The van der Waals surface area contributed by atoms with Gasteiger partial charge in [-0.2, -0.15) is 0 Å². The van der Waals surface area contributed by atoms with Gasteiger partial charge in [-0.15, -0.1) is 0 Å². The van der Waals surface area contributed by atoms with Crippen LogP contribution in [0.25, 0.3) is 0 Å². The van der Waals surface area contributed by atoms with Gasteiger partial charge in [0.2, 0.25) is 0 Å². The second kappa shape index (κ2) is 5.26.